The molecule has 0 saturated heterocycles. The molecule has 2 rings (SSSR count). The van der Waals surface area contributed by atoms with Crippen LogP contribution in [-0.2, 0) is 11.3 Å². The topological polar surface area (TPSA) is 64.3 Å². The lowest BCUT2D eigenvalue weighted by atomic mass is 9.87. The highest BCUT2D eigenvalue weighted by Crippen LogP contribution is 2.23. The van der Waals surface area contributed by atoms with E-state index in [1.165, 1.54) is 12.8 Å². The van der Waals surface area contributed by atoms with Gasteiger partial charge in [0.2, 0.25) is 0 Å². The summed E-state index contributed by atoms with van der Waals surface area (Å²) in [6.45, 7) is 2.81. The largest absolute Gasteiger partial charge is 0.484 e. The Morgan fingerprint density at radius 2 is 2.10 bits per heavy atom. The van der Waals surface area contributed by atoms with Gasteiger partial charge >= 0.3 is 0 Å². The minimum atomic E-state index is -0.0392. The van der Waals surface area contributed by atoms with Crippen molar-refractivity contribution in [3.63, 3.8) is 0 Å². The van der Waals surface area contributed by atoms with Crippen molar-refractivity contribution in [1.82, 2.24) is 5.32 Å². The van der Waals surface area contributed by atoms with Crippen LogP contribution in [0, 0.1) is 5.92 Å². The summed E-state index contributed by atoms with van der Waals surface area (Å²) in [6.07, 6.45) is 4.56. The van der Waals surface area contributed by atoms with Crippen molar-refractivity contribution in [3.05, 3.63) is 29.8 Å². The standard InChI is InChI=1S/C16H24N2O2/c1-12-5-7-14(8-6-12)18-16(19)11-20-15-4-2-3-13(9-15)10-17/h2-4,9,12,14H,5-8,10-11,17H2,1H3,(H,18,19). The van der Waals surface area contributed by atoms with Gasteiger partial charge in [-0.05, 0) is 49.3 Å². The summed E-state index contributed by atoms with van der Waals surface area (Å²) in [7, 11) is 0. The van der Waals surface area contributed by atoms with Gasteiger partial charge in [0.25, 0.3) is 5.91 Å². The smallest absolute Gasteiger partial charge is 0.258 e. The SMILES string of the molecule is CC1CCC(NC(=O)COc2cccc(CN)c2)CC1. The third-order valence-corrected chi connectivity index (χ3v) is 3.89. The lowest BCUT2D eigenvalue weighted by Crippen LogP contribution is -2.39. The summed E-state index contributed by atoms with van der Waals surface area (Å²) in [6, 6.07) is 7.86. The Labute approximate surface area is 120 Å². The minimum Gasteiger partial charge on any atom is -0.484 e. The molecule has 110 valence electrons. The number of hydrogen-bond acceptors (Lipinski definition) is 3. The van der Waals surface area contributed by atoms with Gasteiger partial charge in [-0.2, -0.15) is 0 Å². The van der Waals surface area contributed by atoms with E-state index in [2.05, 4.69) is 12.2 Å². The van der Waals surface area contributed by atoms with E-state index < -0.39 is 0 Å². The molecule has 0 aromatic heterocycles. The zero-order valence-electron chi connectivity index (χ0n) is 12.1. The number of carbonyl (C=O) groups excluding carboxylic acids is 1. The van der Waals surface area contributed by atoms with E-state index in [0.29, 0.717) is 18.3 Å². The summed E-state index contributed by atoms with van der Waals surface area (Å²) in [5.74, 6) is 1.45. The van der Waals surface area contributed by atoms with Crippen LogP contribution in [-0.4, -0.2) is 18.6 Å². The summed E-state index contributed by atoms with van der Waals surface area (Å²) in [5.41, 5.74) is 6.58. The van der Waals surface area contributed by atoms with Gasteiger partial charge in [0.05, 0.1) is 0 Å². The van der Waals surface area contributed by atoms with Gasteiger partial charge in [0.15, 0.2) is 6.61 Å². The molecule has 1 aliphatic carbocycles. The molecule has 1 amide bonds. The summed E-state index contributed by atoms with van der Waals surface area (Å²) in [4.78, 5) is 11.9. The number of nitrogens with two attached hydrogens (primary N) is 1. The first kappa shape index (κ1) is 14.9. The first-order valence-electron chi connectivity index (χ1n) is 7.38. The maximum Gasteiger partial charge on any atom is 0.258 e. The molecule has 1 aromatic rings. The molecule has 0 heterocycles. The summed E-state index contributed by atoms with van der Waals surface area (Å²) in [5, 5.41) is 3.05. The molecule has 20 heavy (non-hydrogen) atoms. The van der Waals surface area contributed by atoms with Crippen LogP contribution in [0.15, 0.2) is 24.3 Å². The van der Waals surface area contributed by atoms with Crippen molar-refractivity contribution in [2.24, 2.45) is 11.7 Å². The van der Waals surface area contributed by atoms with Gasteiger partial charge in [-0.15, -0.1) is 0 Å². The number of rotatable bonds is 5. The Kier molecular flexibility index (Phi) is 5.41. The average Bonchev–Trinajstić information content (AvgIpc) is 2.48. The van der Waals surface area contributed by atoms with Crippen LogP contribution in [0.2, 0.25) is 0 Å². The van der Waals surface area contributed by atoms with Crippen molar-refractivity contribution in [1.29, 1.82) is 0 Å². The van der Waals surface area contributed by atoms with E-state index in [-0.39, 0.29) is 12.5 Å². The fraction of sp³-hybridized carbons (Fsp3) is 0.562. The van der Waals surface area contributed by atoms with Gasteiger partial charge in [0, 0.05) is 12.6 Å². The van der Waals surface area contributed by atoms with Crippen LogP contribution < -0.4 is 15.8 Å². The second-order valence-corrected chi connectivity index (χ2v) is 5.66. The van der Waals surface area contributed by atoms with Crippen LogP contribution in [0.4, 0.5) is 0 Å². The van der Waals surface area contributed by atoms with Gasteiger partial charge in [-0.3, -0.25) is 4.79 Å². The van der Waals surface area contributed by atoms with E-state index in [4.69, 9.17) is 10.5 Å². The van der Waals surface area contributed by atoms with Crippen molar-refractivity contribution in [2.45, 2.75) is 45.2 Å². The molecule has 0 aliphatic heterocycles. The quantitative estimate of drug-likeness (QED) is 0.866. The van der Waals surface area contributed by atoms with E-state index in [9.17, 15) is 4.79 Å². The molecule has 1 saturated carbocycles. The Morgan fingerprint density at radius 3 is 2.80 bits per heavy atom. The van der Waals surface area contributed by atoms with Crippen LogP contribution in [0.25, 0.3) is 0 Å². The number of nitrogens with one attached hydrogen (secondary N) is 1. The molecule has 0 unspecified atom stereocenters. The zero-order chi connectivity index (χ0) is 14.4. The summed E-state index contributed by atoms with van der Waals surface area (Å²) >= 11 is 0. The van der Waals surface area contributed by atoms with Gasteiger partial charge in [-0.25, -0.2) is 0 Å². The molecule has 0 radical (unpaired) electrons. The van der Waals surface area contributed by atoms with Gasteiger partial charge < -0.3 is 15.8 Å². The van der Waals surface area contributed by atoms with Crippen molar-refractivity contribution < 1.29 is 9.53 Å². The molecule has 0 bridgehead atoms. The molecular formula is C16H24N2O2. The number of ether oxygens (including phenoxy) is 1. The maximum absolute atomic E-state index is 11.9. The fourth-order valence-electron chi connectivity index (χ4n) is 2.58. The summed E-state index contributed by atoms with van der Waals surface area (Å²) < 4.78 is 5.51. The second kappa shape index (κ2) is 7.29. The van der Waals surface area contributed by atoms with Crippen LogP contribution in [0.3, 0.4) is 0 Å². The third-order valence-electron chi connectivity index (χ3n) is 3.89. The molecule has 0 atom stereocenters. The molecule has 4 heteroatoms. The molecule has 4 nitrogen and oxygen atoms in total. The highest BCUT2D eigenvalue weighted by atomic mass is 16.5. The lowest BCUT2D eigenvalue weighted by Gasteiger charge is -2.26. The number of carbonyl (C=O) groups is 1. The lowest BCUT2D eigenvalue weighted by molar-refractivity contribution is -0.124. The third kappa shape index (κ3) is 4.53. The van der Waals surface area contributed by atoms with Crippen molar-refractivity contribution in [3.8, 4) is 5.75 Å². The maximum atomic E-state index is 11.9. The van der Waals surface area contributed by atoms with Crippen LogP contribution in [0.1, 0.15) is 38.2 Å². The van der Waals surface area contributed by atoms with E-state index in [0.717, 1.165) is 24.3 Å². The number of hydrogen-bond donors (Lipinski definition) is 2. The molecule has 0 spiro atoms. The molecular weight excluding hydrogens is 252 g/mol. The highest BCUT2D eigenvalue weighted by molar-refractivity contribution is 5.77. The predicted molar refractivity (Wildman–Crippen MR) is 79.4 cm³/mol. The van der Waals surface area contributed by atoms with E-state index >= 15 is 0 Å². The number of benzene rings is 1. The van der Waals surface area contributed by atoms with Crippen molar-refractivity contribution >= 4 is 5.91 Å². The van der Waals surface area contributed by atoms with Crippen LogP contribution in [0.5, 0.6) is 5.75 Å². The Bertz CT molecular complexity index is 440. The predicted octanol–water partition coefficient (Wildman–Crippen LogP) is 2.22. The van der Waals surface area contributed by atoms with Gasteiger partial charge in [0.1, 0.15) is 5.75 Å². The first-order chi connectivity index (χ1) is 9.67. The van der Waals surface area contributed by atoms with Crippen molar-refractivity contribution in [2.75, 3.05) is 6.61 Å². The minimum absolute atomic E-state index is 0.0392. The molecule has 1 aliphatic rings. The Hall–Kier alpha value is -1.55. The molecule has 1 aromatic carbocycles. The van der Waals surface area contributed by atoms with Gasteiger partial charge in [-0.1, -0.05) is 19.1 Å². The Balaban J connectivity index is 1.74. The normalized spacial score (nSPS) is 22.3. The molecule has 3 N–H and O–H groups in total. The van der Waals surface area contributed by atoms with E-state index in [1.807, 2.05) is 24.3 Å². The van der Waals surface area contributed by atoms with Crippen LogP contribution >= 0.6 is 0 Å². The monoisotopic (exact) mass is 276 g/mol. The average molecular weight is 276 g/mol. The fourth-order valence-corrected chi connectivity index (χ4v) is 2.58. The zero-order valence-corrected chi connectivity index (χ0v) is 12.1. The highest BCUT2D eigenvalue weighted by Gasteiger charge is 2.19. The van der Waals surface area contributed by atoms with E-state index in [1.54, 1.807) is 0 Å². The first-order valence-corrected chi connectivity index (χ1v) is 7.38. The number of amides is 1. The Morgan fingerprint density at radius 1 is 1.35 bits per heavy atom. The second-order valence-electron chi connectivity index (χ2n) is 5.66. The molecule has 1 fully saturated rings.